The monoisotopic (exact) mass is 316 g/mol. The molecule has 0 N–H and O–H groups in total. The van der Waals surface area contributed by atoms with Crippen molar-refractivity contribution in [1.29, 1.82) is 0 Å². The Morgan fingerprint density at radius 2 is 2.30 bits per heavy atom. The van der Waals surface area contributed by atoms with Crippen LogP contribution in [0.5, 0.6) is 0 Å². The van der Waals surface area contributed by atoms with Crippen LogP contribution in [0.15, 0.2) is 15.6 Å². The van der Waals surface area contributed by atoms with E-state index in [0.29, 0.717) is 25.8 Å². The minimum Gasteiger partial charge on any atom is -0.328 e. The van der Waals surface area contributed by atoms with Gasteiger partial charge in [-0.15, -0.1) is 11.3 Å². The first kappa shape index (κ1) is 15.0. The van der Waals surface area contributed by atoms with E-state index < -0.39 is 5.03 Å². The molecule has 1 aromatic heterocycles. The van der Waals surface area contributed by atoms with Crippen molar-refractivity contribution in [2.75, 3.05) is 33.7 Å². The standard InChI is InChI=1S/C10H16N6O2S2/c1-13-6-14(2)9(12-16(17)18)15(7-13)5-8-4-11-10(19-3)20-8/h4H,5-7H2,1-3H3/b12-9+. The second-order valence-corrected chi connectivity index (χ2v) is 6.64. The first-order valence-corrected chi connectivity index (χ1v) is 7.90. The van der Waals surface area contributed by atoms with Crippen LogP contribution in [0.3, 0.4) is 0 Å². The summed E-state index contributed by atoms with van der Waals surface area (Å²) in [5.41, 5.74) is 0. The Kier molecular flexibility index (Phi) is 4.78. The minimum atomic E-state index is -0.649. The highest BCUT2D eigenvalue weighted by molar-refractivity contribution is 8.00. The first-order chi connectivity index (χ1) is 9.49. The molecule has 0 aromatic carbocycles. The fourth-order valence-corrected chi connectivity index (χ4v) is 3.51. The lowest BCUT2D eigenvalue weighted by molar-refractivity contribution is -0.486. The maximum atomic E-state index is 10.7. The summed E-state index contributed by atoms with van der Waals surface area (Å²) in [6.07, 6.45) is 3.79. The van der Waals surface area contributed by atoms with Gasteiger partial charge in [0.2, 0.25) is 0 Å². The molecule has 0 spiro atoms. The Morgan fingerprint density at radius 3 is 2.90 bits per heavy atom. The van der Waals surface area contributed by atoms with Crippen LogP contribution in [-0.2, 0) is 6.54 Å². The summed E-state index contributed by atoms with van der Waals surface area (Å²) in [7, 11) is 3.76. The number of nitrogens with zero attached hydrogens (tertiary/aromatic N) is 6. The number of thioether (sulfide) groups is 1. The zero-order valence-corrected chi connectivity index (χ0v) is 13.1. The molecule has 0 unspecified atom stereocenters. The molecule has 1 aliphatic heterocycles. The van der Waals surface area contributed by atoms with Gasteiger partial charge in [-0.1, -0.05) is 11.8 Å². The van der Waals surface area contributed by atoms with Crippen molar-refractivity contribution in [2.45, 2.75) is 10.9 Å². The van der Waals surface area contributed by atoms with Gasteiger partial charge in [-0.05, 0) is 13.3 Å². The summed E-state index contributed by atoms with van der Waals surface area (Å²) in [4.78, 5) is 21.7. The van der Waals surface area contributed by atoms with Gasteiger partial charge in [0.25, 0.3) is 5.96 Å². The van der Waals surface area contributed by atoms with Gasteiger partial charge in [-0.3, -0.25) is 4.90 Å². The van der Waals surface area contributed by atoms with Crippen molar-refractivity contribution in [3.63, 3.8) is 0 Å². The van der Waals surface area contributed by atoms with Crippen LogP contribution in [0.4, 0.5) is 0 Å². The molecule has 0 amide bonds. The molecule has 1 aromatic rings. The SMILES string of the molecule is CSc1ncc(CN2CN(C)CN(C)/C2=N\[N+](=O)[O-])s1. The van der Waals surface area contributed by atoms with Gasteiger partial charge in [-0.25, -0.2) is 15.1 Å². The number of aromatic nitrogens is 1. The lowest BCUT2D eigenvalue weighted by Gasteiger charge is -2.39. The summed E-state index contributed by atoms with van der Waals surface area (Å²) in [5.74, 6) is 0.382. The van der Waals surface area contributed by atoms with E-state index in [-0.39, 0.29) is 0 Å². The lowest BCUT2D eigenvalue weighted by Crippen LogP contribution is -2.55. The summed E-state index contributed by atoms with van der Waals surface area (Å²) in [6, 6.07) is 0. The van der Waals surface area contributed by atoms with Crippen LogP contribution < -0.4 is 0 Å². The molecule has 2 rings (SSSR count). The second-order valence-electron chi connectivity index (χ2n) is 4.47. The van der Waals surface area contributed by atoms with Crippen molar-refractivity contribution in [3.8, 4) is 0 Å². The number of hydrazone groups is 1. The normalized spacial score (nSPS) is 18.9. The van der Waals surface area contributed by atoms with Crippen molar-refractivity contribution < 1.29 is 5.03 Å². The van der Waals surface area contributed by atoms with Gasteiger partial charge < -0.3 is 9.80 Å². The Labute approximate surface area is 125 Å². The minimum absolute atomic E-state index is 0.382. The van der Waals surface area contributed by atoms with E-state index >= 15 is 0 Å². The number of rotatable bonds is 4. The fraction of sp³-hybridized carbons (Fsp3) is 0.600. The Hall–Kier alpha value is -1.39. The van der Waals surface area contributed by atoms with E-state index in [9.17, 15) is 10.1 Å². The van der Waals surface area contributed by atoms with Crippen LogP contribution in [0.1, 0.15) is 4.88 Å². The molecule has 110 valence electrons. The maximum absolute atomic E-state index is 10.7. The van der Waals surface area contributed by atoms with Gasteiger partial charge >= 0.3 is 0 Å². The van der Waals surface area contributed by atoms with Crippen LogP contribution in [0.2, 0.25) is 0 Å². The Balaban J connectivity index is 2.18. The Bertz CT molecular complexity index is 520. The van der Waals surface area contributed by atoms with E-state index in [4.69, 9.17) is 0 Å². The molecule has 20 heavy (non-hydrogen) atoms. The highest BCUT2D eigenvalue weighted by atomic mass is 32.2. The zero-order chi connectivity index (χ0) is 14.7. The van der Waals surface area contributed by atoms with Crippen LogP contribution >= 0.6 is 23.1 Å². The molecule has 0 bridgehead atoms. The molecule has 0 aliphatic carbocycles. The highest BCUT2D eigenvalue weighted by Crippen LogP contribution is 2.23. The van der Waals surface area contributed by atoms with Crippen LogP contribution in [0, 0.1) is 10.1 Å². The molecule has 1 saturated heterocycles. The molecule has 0 saturated carbocycles. The highest BCUT2D eigenvalue weighted by Gasteiger charge is 2.27. The molecule has 8 nitrogen and oxygen atoms in total. The molecule has 1 aliphatic rings. The van der Waals surface area contributed by atoms with Crippen molar-refractivity contribution in [3.05, 3.63) is 21.2 Å². The van der Waals surface area contributed by atoms with Gasteiger partial charge in [0.05, 0.1) is 19.9 Å². The van der Waals surface area contributed by atoms with E-state index in [1.54, 1.807) is 35.0 Å². The predicted molar refractivity (Wildman–Crippen MR) is 79.1 cm³/mol. The third-order valence-corrected chi connectivity index (χ3v) is 4.70. The average Bonchev–Trinajstić information content (AvgIpc) is 2.81. The summed E-state index contributed by atoms with van der Waals surface area (Å²) >= 11 is 3.19. The van der Waals surface area contributed by atoms with E-state index in [1.165, 1.54) is 0 Å². The van der Waals surface area contributed by atoms with Crippen molar-refractivity contribution in [1.82, 2.24) is 19.7 Å². The first-order valence-electron chi connectivity index (χ1n) is 5.86. The van der Waals surface area contributed by atoms with E-state index in [1.807, 2.05) is 24.4 Å². The zero-order valence-electron chi connectivity index (χ0n) is 11.5. The average molecular weight is 316 g/mol. The van der Waals surface area contributed by atoms with Crippen LogP contribution in [-0.4, -0.2) is 64.4 Å². The third-order valence-electron chi connectivity index (χ3n) is 2.71. The molecule has 10 heteroatoms. The number of nitro groups is 1. The fourth-order valence-electron chi connectivity index (χ4n) is 2.04. The second kappa shape index (κ2) is 6.37. The van der Waals surface area contributed by atoms with Gasteiger partial charge in [-0.2, -0.15) is 0 Å². The van der Waals surface area contributed by atoms with Crippen molar-refractivity contribution in [2.24, 2.45) is 5.10 Å². The summed E-state index contributed by atoms with van der Waals surface area (Å²) in [6.45, 7) is 1.78. The maximum Gasteiger partial charge on any atom is 0.276 e. The molecule has 0 atom stereocenters. The number of hydrogen-bond acceptors (Lipinski definition) is 6. The van der Waals surface area contributed by atoms with Gasteiger partial charge in [0.15, 0.2) is 5.03 Å². The largest absolute Gasteiger partial charge is 0.328 e. The number of thiazole rings is 1. The predicted octanol–water partition coefficient (Wildman–Crippen LogP) is 1.01. The van der Waals surface area contributed by atoms with Gasteiger partial charge in [0, 0.05) is 18.1 Å². The molecule has 2 heterocycles. The van der Waals surface area contributed by atoms with E-state index in [2.05, 4.69) is 15.0 Å². The topological polar surface area (TPSA) is 78.1 Å². The molecule has 1 fully saturated rings. The molecular weight excluding hydrogens is 300 g/mol. The quantitative estimate of drug-likeness (QED) is 0.466. The summed E-state index contributed by atoms with van der Waals surface area (Å²) < 4.78 is 0.992. The smallest absolute Gasteiger partial charge is 0.276 e. The van der Waals surface area contributed by atoms with Crippen molar-refractivity contribution >= 4 is 29.1 Å². The van der Waals surface area contributed by atoms with E-state index in [0.717, 1.165) is 9.22 Å². The molecule has 0 radical (unpaired) electrons. The lowest BCUT2D eigenvalue weighted by atomic mass is 10.4. The summed E-state index contributed by atoms with van der Waals surface area (Å²) in [5, 5.41) is 13.5. The Morgan fingerprint density at radius 1 is 1.55 bits per heavy atom. The van der Waals surface area contributed by atoms with Gasteiger partial charge in [0.1, 0.15) is 9.44 Å². The number of hydrogen-bond donors (Lipinski definition) is 0. The third kappa shape index (κ3) is 3.58. The number of guanidine groups is 1. The molecular formula is C10H16N6O2S2. The van der Waals surface area contributed by atoms with Crippen LogP contribution in [0.25, 0.3) is 0 Å².